The minimum absolute atomic E-state index is 0.124. The zero-order valence-corrected chi connectivity index (χ0v) is 9.22. The molecule has 0 N–H and O–H groups in total. The van der Waals surface area contributed by atoms with Gasteiger partial charge in [0.25, 0.3) is 5.92 Å². The molecule has 2 aliphatic heterocycles. The smallest absolute Gasteiger partial charge is 0.262 e. The summed E-state index contributed by atoms with van der Waals surface area (Å²) in [4.78, 5) is 1.80. The minimum Gasteiger partial charge on any atom is -0.383 e. The number of hydrogen-bond acceptors (Lipinski definition) is 2. The van der Waals surface area contributed by atoms with E-state index in [0.717, 1.165) is 0 Å². The van der Waals surface area contributed by atoms with Crippen molar-refractivity contribution in [2.75, 3.05) is 26.8 Å². The third-order valence-corrected chi connectivity index (χ3v) is 3.38. The van der Waals surface area contributed by atoms with E-state index >= 15 is 0 Å². The zero-order valence-electron chi connectivity index (χ0n) is 9.22. The second-order valence-corrected chi connectivity index (χ2v) is 5.38. The van der Waals surface area contributed by atoms with Gasteiger partial charge in [-0.05, 0) is 13.0 Å². The van der Waals surface area contributed by atoms with Crippen molar-refractivity contribution in [3.05, 3.63) is 0 Å². The van der Waals surface area contributed by atoms with E-state index in [-0.39, 0.29) is 18.3 Å². The third-order valence-electron chi connectivity index (χ3n) is 3.38. The number of nitrogens with zero attached hydrogens (tertiary/aromatic N) is 1. The molecular weight excluding hydrogens is 199 g/mol. The lowest BCUT2D eigenvalue weighted by Gasteiger charge is -2.30. The molecule has 0 aromatic rings. The van der Waals surface area contributed by atoms with Crippen LogP contribution in [0, 0.1) is 0 Å². The van der Waals surface area contributed by atoms with Gasteiger partial charge in [0, 0.05) is 13.5 Å². The quantitative estimate of drug-likeness (QED) is 0.646. The van der Waals surface area contributed by atoms with Crippen LogP contribution < -0.4 is 0 Å². The Labute approximate surface area is 90.4 Å². The first-order valence-corrected chi connectivity index (χ1v) is 5.19. The highest BCUT2D eigenvalue weighted by Crippen LogP contribution is 2.53. The second kappa shape index (κ2) is 3.17. The molecule has 0 amide bonds. The number of ether oxygens (including phenoxy) is 1. The van der Waals surface area contributed by atoms with E-state index < -0.39 is 11.5 Å². The molecule has 84 valence electrons. The molecule has 0 saturated carbocycles. The van der Waals surface area contributed by atoms with Crippen LogP contribution in [0.15, 0.2) is 0 Å². The Morgan fingerprint density at radius 3 is 2.60 bits per heavy atom. The summed E-state index contributed by atoms with van der Waals surface area (Å²) in [5.74, 6) is -2.59. The molecule has 2 unspecified atom stereocenters. The topological polar surface area (TPSA) is 12.5 Å². The summed E-state index contributed by atoms with van der Waals surface area (Å²) in [5, 5.41) is -0.366. The van der Waals surface area contributed by atoms with Crippen LogP contribution in [0.3, 0.4) is 0 Å². The van der Waals surface area contributed by atoms with Crippen LogP contribution in [-0.4, -0.2) is 51.0 Å². The van der Waals surface area contributed by atoms with E-state index in [1.807, 2.05) is 6.92 Å². The Hall–Kier alpha value is -0.155. The van der Waals surface area contributed by atoms with E-state index in [2.05, 4.69) is 0 Å². The zero-order chi connectivity index (χ0) is 11.3. The molecule has 2 fully saturated rings. The van der Waals surface area contributed by atoms with Gasteiger partial charge in [-0.3, -0.25) is 4.90 Å². The fourth-order valence-electron chi connectivity index (χ4n) is 3.20. The first kappa shape index (κ1) is 11.3. The number of alkyl halides is 2. The van der Waals surface area contributed by atoms with Gasteiger partial charge in [-0.2, -0.15) is 0 Å². The van der Waals surface area contributed by atoms with Gasteiger partial charge in [-0.25, -0.2) is 8.78 Å². The Bertz CT molecular complexity index is 250. The van der Waals surface area contributed by atoms with E-state index in [1.165, 1.54) is 0 Å². The summed E-state index contributed by atoms with van der Waals surface area (Å²) in [5.41, 5.74) is -0.540. The van der Waals surface area contributed by atoms with Gasteiger partial charge < -0.3 is 4.74 Å². The maximum atomic E-state index is 13.3. The van der Waals surface area contributed by atoms with Crippen LogP contribution in [0.4, 0.5) is 8.78 Å². The molecule has 0 aromatic heterocycles. The fourth-order valence-corrected chi connectivity index (χ4v) is 3.20. The first-order chi connectivity index (χ1) is 6.79. The summed E-state index contributed by atoms with van der Waals surface area (Å²) in [6, 6.07) is 0. The molecule has 0 aromatic carbocycles. The van der Waals surface area contributed by atoms with Gasteiger partial charge in [-0.1, -0.05) is 12.2 Å². The summed E-state index contributed by atoms with van der Waals surface area (Å²) in [6.45, 7) is 2.62. The lowest BCUT2D eigenvalue weighted by Crippen LogP contribution is -2.42. The highest BCUT2D eigenvalue weighted by molar-refractivity contribution is 6.15. The normalized spacial score (nSPS) is 44.5. The molecule has 0 aliphatic carbocycles. The predicted molar refractivity (Wildman–Crippen MR) is 54.5 cm³/mol. The van der Waals surface area contributed by atoms with Gasteiger partial charge >= 0.3 is 0 Å². The Morgan fingerprint density at radius 1 is 1.33 bits per heavy atom. The molecule has 2 saturated heterocycles. The molecule has 15 heavy (non-hydrogen) atoms. The number of hydrogen-bond donors (Lipinski definition) is 0. The monoisotopic (exact) mass is 215 g/mol. The highest BCUT2D eigenvalue weighted by atomic mass is 19.3. The van der Waals surface area contributed by atoms with Crippen molar-refractivity contribution < 1.29 is 13.5 Å². The van der Waals surface area contributed by atoms with Crippen LogP contribution in [-0.2, 0) is 4.74 Å². The molecule has 0 bridgehead atoms. The SMILES string of the molecule is [B]C1(C)CN2CC(F)(F)CC2(COC)C1. The summed E-state index contributed by atoms with van der Waals surface area (Å²) >= 11 is 0. The maximum Gasteiger partial charge on any atom is 0.262 e. The van der Waals surface area contributed by atoms with Gasteiger partial charge in [0.2, 0.25) is 0 Å². The molecule has 2 aliphatic rings. The van der Waals surface area contributed by atoms with Gasteiger partial charge in [0.15, 0.2) is 0 Å². The first-order valence-electron chi connectivity index (χ1n) is 5.19. The number of halogens is 2. The van der Waals surface area contributed by atoms with Crippen molar-refractivity contribution in [3.8, 4) is 0 Å². The largest absolute Gasteiger partial charge is 0.383 e. The van der Waals surface area contributed by atoms with Crippen LogP contribution in [0.1, 0.15) is 19.8 Å². The van der Waals surface area contributed by atoms with Crippen molar-refractivity contribution in [1.82, 2.24) is 4.90 Å². The molecule has 2 rings (SSSR count). The van der Waals surface area contributed by atoms with Crippen LogP contribution >= 0.6 is 0 Å². The summed E-state index contributed by atoms with van der Waals surface area (Å²) in [7, 11) is 7.58. The highest BCUT2D eigenvalue weighted by Gasteiger charge is 2.60. The maximum absolute atomic E-state index is 13.3. The van der Waals surface area contributed by atoms with Crippen LogP contribution in [0.25, 0.3) is 0 Å². The van der Waals surface area contributed by atoms with Crippen molar-refractivity contribution in [1.29, 1.82) is 0 Å². The Balaban J connectivity index is 2.22. The summed E-state index contributed by atoms with van der Waals surface area (Å²) < 4.78 is 31.8. The molecule has 2 heterocycles. The van der Waals surface area contributed by atoms with E-state index in [4.69, 9.17) is 12.6 Å². The standard InChI is InChI=1S/C10H16BF2NO/c1-8(11)3-9(7-15-2)4-10(12,13)6-14(9)5-8/h3-7H2,1-2H3. The molecule has 2 nitrogen and oxygen atoms in total. The molecule has 5 heteroatoms. The van der Waals surface area contributed by atoms with E-state index in [0.29, 0.717) is 19.6 Å². The predicted octanol–water partition coefficient (Wildman–Crippen LogP) is 1.46. The molecule has 0 spiro atoms. The van der Waals surface area contributed by atoms with E-state index in [1.54, 1.807) is 12.0 Å². The average molecular weight is 215 g/mol. The van der Waals surface area contributed by atoms with Crippen molar-refractivity contribution in [2.24, 2.45) is 0 Å². The Kier molecular flexibility index (Phi) is 2.40. The molecular formula is C10H16BF2NO. The Morgan fingerprint density at radius 2 is 2.00 bits per heavy atom. The number of fused-ring (bicyclic) bond motifs is 1. The fraction of sp³-hybridized carbons (Fsp3) is 1.00. The molecule has 2 atom stereocenters. The van der Waals surface area contributed by atoms with Crippen molar-refractivity contribution in [2.45, 2.75) is 36.5 Å². The van der Waals surface area contributed by atoms with Crippen molar-refractivity contribution >= 4 is 7.85 Å². The lowest BCUT2D eigenvalue weighted by atomic mass is 9.66. The minimum atomic E-state index is -2.59. The van der Waals surface area contributed by atoms with Crippen molar-refractivity contribution in [3.63, 3.8) is 0 Å². The van der Waals surface area contributed by atoms with Crippen LogP contribution in [0.2, 0.25) is 5.31 Å². The second-order valence-electron chi connectivity index (χ2n) is 5.38. The lowest BCUT2D eigenvalue weighted by molar-refractivity contribution is 0.00511. The van der Waals surface area contributed by atoms with Gasteiger partial charge in [0.05, 0.1) is 26.5 Å². The summed E-state index contributed by atoms with van der Waals surface area (Å²) in [6.07, 6.45) is 0.462. The third kappa shape index (κ3) is 1.92. The number of rotatable bonds is 2. The van der Waals surface area contributed by atoms with Gasteiger partial charge in [0.1, 0.15) is 0 Å². The van der Waals surface area contributed by atoms with Crippen LogP contribution in [0.5, 0.6) is 0 Å². The average Bonchev–Trinajstić information content (AvgIpc) is 2.31. The molecule has 2 radical (unpaired) electrons. The number of methoxy groups -OCH3 is 1. The van der Waals surface area contributed by atoms with E-state index in [9.17, 15) is 8.78 Å². The van der Waals surface area contributed by atoms with Gasteiger partial charge in [-0.15, -0.1) is 0 Å².